The van der Waals surface area contributed by atoms with Crippen LogP contribution in [-0.2, 0) is 0 Å². The van der Waals surface area contributed by atoms with Gasteiger partial charge in [-0.05, 0) is 17.7 Å². The molecular formula is C18H11N3O3S. The Morgan fingerprint density at radius 1 is 1.16 bits per heavy atom. The Morgan fingerprint density at radius 3 is 2.60 bits per heavy atom. The first kappa shape index (κ1) is 16.4. The third-order valence-corrected chi connectivity index (χ3v) is 4.36. The Morgan fingerprint density at radius 2 is 1.92 bits per heavy atom. The number of carboxylic acids is 1. The van der Waals surface area contributed by atoms with E-state index in [2.05, 4.69) is 16.4 Å². The number of carbonyl (C=O) groups excluding carboxylic acids is 1. The maximum atomic E-state index is 12.4. The predicted octanol–water partition coefficient (Wildman–Crippen LogP) is 3.63. The summed E-state index contributed by atoms with van der Waals surface area (Å²) in [6, 6.07) is 14.2. The fourth-order valence-corrected chi connectivity index (χ4v) is 3.23. The van der Waals surface area contributed by atoms with E-state index in [4.69, 9.17) is 5.11 Å². The van der Waals surface area contributed by atoms with Gasteiger partial charge in [0.1, 0.15) is 16.8 Å². The molecule has 122 valence electrons. The normalized spacial score (nSPS) is 10.0. The van der Waals surface area contributed by atoms with Crippen LogP contribution in [0.1, 0.15) is 26.4 Å². The number of nitrogens with one attached hydrogen (secondary N) is 1. The van der Waals surface area contributed by atoms with Crippen LogP contribution in [0.3, 0.4) is 0 Å². The van der Waals surface area contributed by atoms with Crippen molar-refractivity contribution in [2.45, 2.75) is 0 Å². The molecule has 0 aliphatic rings. The monoisotopic (exact) mass is 349 g/mol. The first-order valence-corrected chi connectivity index (χ1v) is 8.06. The molecule has 0 radical (unpaired) electrons. The predicted molar refractivity (Wildman–Crippen MR) is 93.6 cm³/mol. The van der Waals surface area contributed by atoms with Crippen molar-refractivity contribution in [2.24, 2.45) is 0 Å². The van der Waals surface area contributed by atoms with Gasteiger partial charge < -0.3 is 10.4 Å². The van der Waals surface area contributed by atoms with Gasteiger partial charge in [-0.2, -0.15) is 5.26 Å². The van der Waals surface area contributed by atoms with Gasteiger partial charge in [-0.25, -0.2) is 4.79 Å². The van der Waals surface area contributed by atoms with Gasteiger partial charge in [0.25, 0.3) is 5.91 Å². The van der Waals surface area contributed by atoms with Gasteiger partial charge in [-0.15, -0.1) is 11.3 Å². The van der Waals surface area contributed by atoms with Crippen LogP contribution in [0.4, 0.5) is 5.00 Å². The van der Waals surface area contributed by atoms with E-state index in [1.54, 1.807) is 5.38 Å². The second kappa shape index (κ2) is 6.95. The second-order valence-electron chi connectivity index (χ2n) is 4.99. The quantitative estimate of drug-likeness (QED) is 0.748. The van der Waals surface area contributed by atoms with Gasteiger partial charge in [-0.1, -0.05) is 30.3 Å². The summed E-state index contributed by atoms with van der Waals surface area (Å²) in [7, 11) is 0. The molecule has 0 aliphatic carbocycles. The van der Waals surface area contributed by atoms with Gasteiger partial charge in [0, 0.05) is 17.1 Å². The highest BCUT2D eigenvalue weighted by molar-refractivity contribution is 7.15. The van der Waals surface area contributed by atoms with Crippen molar-refractivity contribution in [3.8, 4) is 17.2 Å². The molecule has 0 saturated heterocycles. The fourth-order valence-electron chi connectivity index (χ4n) is 2.31. The number of aromatic nitrogens is 1. The number of amides is 1. The molecular weight excluding hydrogens is 338 g/mol. The van der Waals surface area contributed by atoms with Crippen LogP contribution >= 0.6 is 11.3 Å². The zero-order chi connectivity index (χ0) is 17.8. The lowest BCUT2D eigenvalue weighted by Gasteiger charge is -2.06. The van der Waals surface area contributed by atoms with Crippen molar-refractivity contribution in [1.82, 2.24) is 4.98 Å². The van der Waals surface area contributed by atoms with E-state index in [9.17, 15) is 14.9 Å². The van der Waals surface area contributed by atoms with Crippen molar-refractivity contribution in [2.75, 3.05) is 5.32 Å². The zero-order valence-corrected chi connectivity index (χ0v) is 13.6. The third-order valence-electron chi connectivity index (χ3n) is 3.47. The fraction of sp³-hybridized carbons (Fsp3) is 0. The Kier molecular flexibility index (Phi) is 4.55. The number of pyridine rings is 1. The lowest BCUT2D eigenvalue weighted by Crippen LogP contribution is -2.18. The lowest BCUT2D eigenvalue weighted by molar-refractivity contribution is 0.0691. The van der Waals surface area contributed by atoms with E-state index in [0.717, 1.165) is 5.56 Å². The van der Waals surface area contributed by atoms with Crippen molar-refractivity contribution < 1.29 is 14.7 Å². The number of hydrogen-bond acceptors (Lipinski definition) is 5. The Bertz CT molecular complexity index is 990. The number of nitrogens with zero attached hydrogens (tertiary/aromatic N) is 2. The summed E-state index contributed by atoms with van der Waals surface area (Å²) < 4.78 is 0. The molecule has 25 heavy (non-hydrogen) atoms. The molecule has 1 amide bonds. The average molecular weight is 349 g/mol. The van der Waals surface area contributed by atoms with Gasteiger partial charge in [0.15, 0.2) is 0 Å². The van der Waals surface area contributed by atoms with Crippen LogP contribution in [0.5, 0.6) is 0 Å². The molecule has 6 nitrogen and oxygen atoms in total. The van der Waals surface area contributed by atoms with E-state index in [0.29, 0.717) is 16.1 Å². The van der Waals surface area contributed by atoms with E-state index in [1.807, 2.05) is 30.3 Å². The first-order valence-electron chi connectivity index (χ1n) is 7.18. The van der Waals surface area contributed by atoms with Crippen LogP contribution in [0.15, 0.2) is 54.0 Å². The zero-order valence-electron chi connectivity index (χ0n) is 12.8. The summed E-state index contributed by atoms with van der Waals surface area (Å²) in [4.78, 5) is 27.5. The van der Waals surface area contributed by atoms with Gasteiger partial charge >= 0.3 is 5.97 Å². The minimum Gasteiger partial charge on any atom is -0.478 e. The summed E-state index contributed by atoms with van der Waals surface area (Å²) in [5, 5.41) is 23.4. The molecule has 2 aromatic heterocycles. The van der Waals surface area contributed by atoms with Crippen LogP contribution in [-0.4, -0.2) is 22.0 Å². The lowest BCUT2D eigenvalue weighted by atomic mass is 10.1. The van der Waals surface area contributed by atoms with E-state index < -0.39 is 11.9 Å². The number of nitriles is 1. The van der Waals surface area contributed by atoms with Crippen molar-refractivity contribution in [3.05, 3.63) is 70.9 Å². The molecule has 0 atom stereocenters. The smallest absolute Gasteiger partial charge is 0.338 e. The summed E-state index contributed by atoms with van der Waals surface area (Å²) in [6.07, 6.45) is 1.34. The van der Waals surface area contributed by atoms with Gasteiger partial charge in [-0.3, -0.25) is 9.78 Å². The van der Waals surface area contributed by atoms with Crippen LogP contribution in [0.2, 0.25) is 0 Å². The Balaban J connectivity index is 1.95. The molecule has 2 heterocycles. The largest absolute Gasteiger partial charge is 0.478 e. The molecule has 1 aromatic carbocycles. The summed E-state index contributed by atoms with van der Waals surface area (Å²) >= 11 is 1.20. The topological polar surface area (TPSA) is 103 Å². The maximum absolute atomic E-state index is 12.4. The first-order chi connectivity index (χ1) is 12.1. The van der Waals surface area contributed by atoms with E-state index in [1.165, 1.54) is 29.7 Å². The number of rotatable bonds is 4. The highest BCUT2D eigenvalue weighted by Crippen LogP contribution is 2.35. The van der Waals surface area contributed by atoms with Crippen LogP contribution in [0, 0.1) is 11.3 Å². The molecule has 7 heteroatoms. The maximum Gasteiger partial charge on any atom is 0.338 e. The SMILES string of the molecule is N#Cc1c(-c2ccccc2)csc1NC(=O)c1ncccc1C(=O)O. The van der Waals surface area contributed by atoms with Crippen molar-refractivity contribution in [3.63, 3.8) is 0 Å². The summed E-state index contributed by atoms with van der Waals surface area (Å²) in [5.74, 6) is -1.91. The van der Waals surface area contributed by atoms with Gasteiger partial charge in [0.05, 0.1) is 11.1 Å². The van der Waals surface area contributed by atoms with Gasteiger partial charge in [0.2, 0.25) is 0 Å². The number of benzene rings is 1. The minimum atomic E-state index is -1.24. The molecule has 0 aliphatic heterocycles. The van der Waals surface area contributed by atoms with Crippen molar-refractivity contribution >= 4 is 28.2 Å². The van der Waals surface area contributed by atoms with Crippen LogP contribution < -0.4 is 5.32 Å². The Labute approximate surface area is 147 Å². The third kappa shape index (κ3) is 3.24. The number of carbonyl (C=O) groups is 2. The molecule has 2 N–H and O–H groups in total. The number of thiophene rings is 1. The van der Waals surface area contributed by atoms with E-state index >= 15 is 0 Å². The summed E-state index contributed by atoms with van der Waals surface area (Å²) in [5.41, 5.74) is 1.51. The molecule has 0 saturated carbocycles. The molecule has 3 rings (SSSR count). The highest BCUT2D eigenvalue weighted by atomic mass is 32.1. The summed E-state index contributed by atoms with van der Waals surface area (Å²) in [6.45, 7) is 0. The molecule has 3 aromatic rings. The van der Waals surface area contributed by atoms with E-state index in [-0.39, 0.29) is 11.3 Å². The second-order valence-corrected chi connectivity index (χ2v) is 5.87. The minimum absolute atomic E-state index is 0.196. The highest BCUT2D eigenvalue weighted by Gasteiger charge is 2.21. The van der Waals surface area contributed by atoms with Crippen molar-refractivity contribution in [1.29, 1.82) is 5.26 Å². The number of hydrogen-bond donors (Lipinski definition) is 2. The molecule has 0 spiro atoms. The standard InChI is InChI=1S/C18H11N3O3S/c19-9-13-14(11-5-2-1-3-6-11)10-25-17(13)21-16(22)15-12(18(23)24)7-4-8-20-15/h1-8,10H,(H,21,22)(H,23,24). The average Bonchev–Trinajstić information content (AvgIpc) is 3.04. The van der Waals surface area contributed by atoms with Crippen LogP contribution in [0.25, 0.3) is 11.1 Å². The molecule has 0 fully saturated rings. The molecule has 0 unspecified atom stereocenters. The number of carboxylic acid groups (broad SMARTS) is 1. The molecule has 0 bridgehead atoms. The number of anilines is 1. The Hall–Kier alpha value is -3.50. The number of aromatic carboxylic acids is 1.